The van der Waals surface area contributed by atoms with Crippen LogP contribution in [0.25, 0.3) is 0 Å². The summed E-state index contributed by atoms with van der Waals surface area (Å²) in [7, 11) is 0. The minimum atomic E-state index is -0.0220. The molecule has 2 rings (SSSR count). The summed E-state index contributed by atoms with van der Waals surface area (Å²) in [5.74, 6) is 0.295. The molecule has 0 unspecified atom stereocenters. The van der Waals surface area contributed by atoms with Gasteiger partial charge in [0.25, 0.3) is 0 Å². The van der Waals surface area contributed by atoms with E-state index in [1.54, 1.807) is 11.3 Å². The van der Waals surface area contributed by atoms with Crippen LogP contribution in [-0.4, -0.2) is 11.6 Å². The maximum Gasteiger partial charge on any atom is 0.171 e. The van der Waals surface area contributed by atoms with Gasteiger partial charge in [0.1, 0.15) is 5.78 Å². The second kappa shape index (κ2) is 3.65. The number of Topliss-reactive ketones (excluding diaryl/α,β-unsaturated/α-hetero) is 2. The average Bonchev–Trinajstić information content (AvgIpc) is 2.89. The molecule has 0 atom stereocenters. The Labute approximate surface area is 86.9 Å². The molecular formula is C11H12O2S. The van der Waals surface area contributed by atoms with Gasteiger partial charge in [-0.15, -0.1) is 11.3 Å². The van der Waals surface area contributed by atoms with Gasteiger partial charge in [-0.3, -0.25) is 9.59 Å². The summed E-state index contributed by atoms with van der Waals surface area (Å²) in [5, 5.41) is 1.83. The second-order valence-corrected chi connectivity index (χ2v) is 4.90. The van der Waals surface area contributed by atoms with E-state index in [4.69, 9.17) is 0 Å². The average molecular weight is 208 g/mol. The highest BCUT2D eigenvalue weighted by Gasteiger charge is 2.30. The first kappa shape index (κ1) is 9.59. The lowest BCUT2D eigenvalue weighted by atomic mass is 10.1. The van der Waals surface area contributed by atoms with Gasteiger partial charge < -0.3 is 0 Å². The molecule has 1 heterocycles. The summed E-state index contributed by atoms with van der Waals surface area (Å²) < 4.78 is 0. The van der Waals surface area contributed by atoms with Crippen molar-refractivity contribution in [1.82, 2.24) is 0 Å². The molecule has 0 aromatic carbocycles. The smallest absolute Gasteiger partial charge is 0.171 e. The molecule has 1 aliphatic rings. The zero-order chi connectivity index (χ0) is 10.1. The standard InChI is InChI=1S/C11H12O2S/c1-7-4-9(6-14-7)11(13)5-10(12)8-2-3-8/h4,6,8H,2-3,5H2,1H3. The van der Waals surface area contributed by atoms with Crippen LogP contribution in [0.2, 0.25) is 0 Å². The molecule has 74 valence electrons. The Balaban J connectivity index is 1.98. The Morgan fingerprint density at radius 2 is 2.21 bits per heavy atom. The quantitative estimate of drug-likeness (QED) is 0.563. The van der Waals surface area contributed by atoms with E-state index in [9.17, 15) is 9.59 Å². The first-order valence-electron chi connectivity index (χ1n) is 4.78. The number of hydrogen-bond acceptors (Lipinski definition) is 3. The highest BCUT2D eigenvalue weighted by Crippen LogP contribution is 2.31. The lowest BCUT2D eigenvalue weighted by Crippen LogP contribution is -2.08. The fourth-order valence-electron chi connectivity index (χ4n) is 1.40. The number of carbonyl (C=O) groups excluding carboxylic acids is 2. The van der Waals surface area contributed by atoms with Crippen LogP contribution in [0.4, 0.5) is 0 Å². The van der Waals surface area contributed by atoms with Crippen molar-refractivity contribution in [2.75, 3.05) is 0 Å². The second-order valence-electron chi connectivity index (χ2n) is 3.79. The van der Waals surface area contributed by atoms with Crippen molar-refractivity contribution >= 4 is 22.9 Å². The van der Waals surface area contributed by atoms with E-state index in [1.807, 2.05) is 18.4 Å². The molecule has 0 aliphatic heterocycles. The lowest BCUT2D eigenvalue weighted by molar-refractivity contribution is -0.119. The molecule has 2 nitrogen and oxygen atoms in total. The summed E-state index contributed by atoms with van der Waals surface area (Å²) in [5.41, 5.74) is 0.696. The van der Waals surface area contributed by atoms with Gasteiger partial charge in [0.2, 0.25) is 0 Å². The maximum atomic E-state index is 11.6. The zero-order valence-corrected chi connectivity index (χ0v) is 8.89. The predicted octanol–water partition coefficient (Wildman–Crippen LogP) is 2.61. The molecule has 14 heavy (non-hydrogen) atoms. The minimum Gasteiger partial charge on any atom is -0.299 e. The topological polar surface area (TPSA) is 34.1 Å². The van der Waals surface area contributed by atoms with Crippen molar-refractivity contribution in [2.45, 2.75) is 26.2 Å². The minimum absolute atomic E-state index is 0.0220. The van der Waals surface area contributed by atoms with Crippen molar-refractivity contribution < 1.29 is 9.59 Å². The Kier molecular flexibility index (Phi) is 2.50. The normalized spacial score (nSPS) is 15.5. The van der Waals surface area contributed by atoms with Crippen molar-refractivity contribution in [2.24, 2.45) is 5.92 Å². The summed E-state index contributed by atoms with van der Waals surface area (Å²) in [6.45, 7) is 1.96. The molecular weight excluding hydrogens is 196 g/mol. The molecule has 0 spiro atoms. The third-order valence-electron chi connectivity index (χ3n) is 2.42. The monoisotopic (exact) mass is 208 g/mol. The van der Waals surface area contributed by atoms with Crippen LogP contribution < -0.4 is 0 Å². The van der Waals surface area contributed by atoms with E-state index >= 15 is 0 Å². The van der Waals surface area contributed by atoms with E-state index < -0.39 is 0 Å². The van der Waals surface area contributed by atoms with E-state index in [0.29, 0.717) is 5.56 Å². The highest BCUT2D eigenvalue weighted by atomic mass is 32.1. The Morgan fingerprint density at radius 3 is 2.71 bits per heavy atom. The van der Waals surface area contributed by atoms with E-state index in [2.05, 4.69) is 0 Å². The zero-order valence-electron chi connectivity index (χ0n) is 8.08. The van der Waals surface area contributed by atoms with E-state index in [1.165, 1.54) is 0 Å². The lowest BCUT2D eigenvalue weighted by Gasteiger charge is -1.95. The maximum absolute atomic E-state index is 11.6. The number of thiophene rings is 1. The molecule has 1 saturated carbocycles. The number of ketones is 2. The fraction of sp³-hybridized carbons (Fsp3) is 0.455. The van der Waals surface area contributed by atoms with Gasteiger partial charge in [-0.1, -0.05) is 0 Å². The molecule has 1 aromatic heterocycles. The summed E-state index contributed by atoms with van der Waals surface area (Å²) in [6.07, 6.45) is 2.06. The molecule has 0 saturated heterocycles. The van der Waals surface area contributed by atoms with Crippen LogP contribution in [0.1, 0.15) is 34.5 Å². The Hall–Kier alpha value is -0.960. The van der Waals surface area contributed by atoms with Gasteiger partial charge in [-0.25, -0.2) is 0 Å². The molecule has 0 bridgehead atoms. The van der Waals surface area contributed by atoms with E-state index in [-0.39, 0.29) is 23.9 Å². The van der Waals surface area contributed by atoms with Gasteiger partial charge in [-0.2, -0.15) is 0 Å². The van der Waals surface area contributed by atoms with Crippen LogP contribution in [0.15, 0.2) is 11.4 Å². The van der Waals surface area contributed by atoms with E-state index in [0.717, 1.165) is 17.7 Å². The predicted molar refractivity (Wildman–Crippen MR) is 55.7 cm³/mol. The first-order valence-corrected chi connectivity index (χ1v) is 5.66. The summed E-state index contributed by atoms with van der Waals surface area (Å²) in [6, 6.07) is 1.85. The Bertz CT molecular complexity index is 374. The summed E-state index contributed by atoms with van der Waals surface area (Å²) in [4.78, 5) is 24.1. The summed E-state index contributed by atoms with van der Waals surface area (Å²) >= 11 is 1.55. The molecule has 1 aromatic rings. The van der Waals surface area contributed by atoms with Crippen LogP contribution in [0.3, 0.4) is 0 Å². The number of rotatable bonds is 4. The third kappa shape index (κ3) is 2.10. The SMILES string of the molecule is Cc1cc(C(=O)CC(=O)C2CC2)cs1. The number of hydrogen-bond donors (Lipinski definition) is 0. The Morgan fingerprint density at radius 1 is 1.50 bits per heavy atom. The van der Waals surface area contributed by atoms with Crippen molar-refractivity contribution in [3.05, 3.63) is 21.9 Å². The first-order chi connectivity index (χ1) is 6.66. The molecule has 1 aliphatic carbocycles. The molecule has 1 fully saturated rings. The number of carbonyl (C=O) groups is 2. The van der Waals surface area contributed by atoms with Gasteiger partial charge in [-0.05, 0) is 25.8 Å². The highest BCUT2D eigenvalue weighted by molar-refractivity contribution is 7.10. The molecule has 0 amide bonds. The number of aryl methyl sites for hydroxylation is 1. The molecule has 0 N–H and O–H groups in total. The van der Waals surface area contributed by atoms with Crippen LogP contribution in [-0.2, 0) is 4.79 Å². The van der Waals surface area contributed by atoms with Gasteiger partial charge in [0.15, 0.2) is 5.78 Å². The van der Waals surface area contributed by atoms with Crippen LogP contribution in [0, 0.1) is 12.8 Å². The van der Waals surface area contributed by atoms with Gasteiger partial charge >= 0.3 is 0 Å². The van der Waals surface area contributed by atoms with Crippen LogP contribution >= 0.6 is 11.3 Å². The molecule has 0 radical (unpaired) electrons. The van der Waals surface area contributed by atoms with Crippen molar-refractivity contribution in [3.8, 4) is 0 Å². The van der Waals surface area contributed by atoms with Gasteiger partial charge in [0.05, 0.1) is 6.42 Å². The van der Waals surface area contributed by atoms with Crippen molar-refractivity contribution in [3.63, 3.8) is 0 Å². The fourth-order valence-corrected chi connectivity index (χ4v) is 2.11. The van der Waals surface area contributed by atoms with Gasteiger partial charge in [0, 0.05) is 21.7 Å². The van der Waals surface area contributed by atoms with Crippen LogP contribution in [0.5, 0.6) is 0 Å². The molecule has 3 heteroatoms. The largest absolute Gasteiger partial charge is 0.299 e. The van der Waals surface area contributed by atoms with Crippen molar-refractivity contribution in [1.29, 1.82) is 0 Å². The third-order valence-corrected chi connectivity index (χ3v) is 3.28.